The second kappa shape index (κ2) is 11.8. The van der Waals surface area contributed by atoms with Gasteiger partial charge in [-0.05, 0) is 44.4 Å². The average Bonchev–Trinajstić information content (AvgIpc) is 2.82. The quantitative estimate of drug-likeness (QED) is 0.656. The molecule has 2 aromatic rings. The van der Waals surface area contributed by atoms with Crippen LogP contribution >= 0.6 is 0 Å². The van der Waals surface area contributed by atoms with Crippen LogP contribution in [-0.4, -0.2) is 78.4 Å². The lowest BCUT2D eigenvalue weighted by Gasteiger charge is -2.37. The number of para-hydroxylation sites is 1. The molecule has 0 aromatic heterocycles. The van der Waals surface area contributed by atoms with E-state index in [4.69, 9.17) is 0 Å². The molecule has 1 heterocycles. The fourth-order valence-corrected chi connectivity index (χ4v) is 4.19. The summed E-state index contributed by atoms with van der Waals surface area (Å²) in [6.07, 6.45) is 0.783. The minimum atomic E-state index is -0.222. The number of hydrogen-bond donors (Lipinski definition) is 1. The zero-order chi connectivity index (χ0) is 22.9. The molecule has 6 nitrogen and oxygen atoms in total. The molecule has 1 aliphatic rings. The molecule has 0 saturated carbocycles. The first-order valence-electron chi connectivity index (χ1n) is 11.7. The monoisotopic (exact) mass is 436 g/mol. The summed E-state index contributed by atoms with van der Waals surface area (Å²) < 4.78 is 0. The number of amides is 2. The van der Waals surface area contributed by atoms with Gasteiger partial charge in [0, 0.05) is 45.0 Å². The van der Waals surface area contributed by atoms with E-state index in [1.54, 1.807) is 0 Å². The molecule has 0 bridgehead atoms. The van der Waals surface area contributed by atoms with Gasteiger partial charge < -0.3 is 10.2 Å². The number of hydrogen-bond acceptors (Lipinski definition) is 4. The van der Waals surface area contributed by atoms with Crippen molar-refractivity contribution in [1.82, 2.24) is 14.7 Å². The Balaban J connectivity index is 1.53. The Morgan fingerprint density at radius 3 is 2.22 bits per heavy atom. The molecule has 32 heavy (non-hydrogen) atoms. The maximum Gasteiger partial charge on any atom is 0.241 e. The Labute approximate surface area is 192 Å². The number of carbonyl (C=O) groups excluding carboxylic acids is 2. The van der Waals surface area contributed by atoms with E-state index < -0.39 is 0 Å². The Bertz CT molecular complexity index is 874. The Kier molecular flexibility index (Phi) is 8.82. The average molecular weight is 437 g/mol. The van der Waals surface area contributed by atoms with Gasteiger partial charge in [0.2, 0.25) is 11.8 Å². The summed E-state index contributed by atoms with van der Waals surface area (Å²) in [5, 5.41) is 3.15. The van der Waals surface area contributed by atoms with Gasteiger partial charge in [-0.1, -0.05) is 48.5 Å². The van der Waals surface area contributed by atoms with Crippen LogP contribution in [0.1, 0.15) is 31.9 Å². The van der Waals surface area contributed by atoms with Gasteiger partial charge in [0.25, 0.3) is 0 Å². The van der Waals surface area contributed by atoms with E-state index in [0.29, 0.717) is 6.54 Å². The van der Waals surface area contributed by atoms with Crippen molar-refractivity contribution in [2.24, 2.45) is 0 Å². The van der Waals surface area contributed by atoms with Crippen LogP contribution in [0, 0.1) is 0 Å². The van der Waals surface area contributed by atoms with Crippen molar-refractivity contribution in [1.29, 1.82) is 0 Å². The minimum absolute atomic E-state index is 0.0122. The zero-order valence-electron chi connectivity index (χ0n) is 19.6. The molecule has 1 saturated heterocycles. The SMILES string of the molecule is CCN(CC)C(=O)CN1CCN(C(C)C(=O)Nc2ccccc2Cc2ccccc2)CC1. The molecular formula is C26H36N4O2. The summed E-state index contributed by atoms with van der Waals surface area (Å²) in [4.78, 5) is 31.6. The predicted molar refractivity (Wildman–Crippen MR) is 130 cm³/mol. The largest absolute Gasteiger partial charge is 0.342 e. The zero-order valence-corrected chi connectivity index (χ0v) is 19.6. The van der Waals surface area contributed by atoms with Gasteiger partial charge in [-0.3, -0.25) is 19.4 Å². The van der Waals surface area contributed by atoms with Crippen molar-refractivity contribution in [2.45, 2.75) is 33.2 Å². The molecule has 0 spiro atoms. The normalized spacial score (nSPS) is 15.8. The summed E-state index contributed by atoms with van der Waals surface area (Å²) in [7, 11) is 0. The van der Waals surface area contributed by atoms with Gasteiger partial charge in [-0.2, -0.15) is 0 Å². The first-order valence-corrected chi connectivity index (χ1v) is 11.7. The molecule has 0 aliphatic carbocycles. The second-order valence-corrected chi connectivity index (χ2v) is 8.36. The van der Waals surface area contributed by atoms with Gasteiger partial charge in [-0.15, -0.1) is 0 Å². The highest BCUT2D eigenvalue weighted by atomic mass is 16.2. The lowest BCUT2D eigenvalue weighted by Crippen LogP contribution is -2.54. The fourth-order valence-electron chi connectivity index (χ4n) is 4.19. The number of anilines is 1. The molecule has 172 valence electrons. The van der Waals surface area contributed by atoms with Crippen LogP contribution < -0.4 is 5.32 Å². The first kappa shape index (κ1) is 24.0. The minimum Gasteiger partial charge on any atom is -0.342 e. The molecule has 1 aliphatic heterocycles. The first-order chi connectivity index (χ1) is 15.5. The highest BCUT2D eigenvalue weighted by Crippen LogP contribution is 2.20. The van der Waals surface area contributed by atoms with Crippen molar-refractivity contribution >= 4 is 17.5 Å². The third kappa shape index (κ3) is 6.40. The van der Waals surface area contributed by atoms with Gasteiger partial charge >= 0.3 is 0 Å². The molecule has 0 radical (unpaired) electrons. The number of nitrogens with zero attached hydrogens (tertiary/aromatic N) is 3. The van der Waals surface area contributed by atoms with Crippen LogP contribution in [0.25, 0.3) is 0 Å². The number of carbonyl (C=O) groups is 2. The van der Waals surface area contributed by atoms with Crippen LogP contribution in [0.3, 0.4) is 0 Å². The molecule has 1 fully saturated rings. The lowest BCUT2D eigenvalue weighted by atomic mass is 10.0. The topological polar surface area (TPSA) is 55.9 Å². The van der Waals surface area contributed by atoms with Crippen LogP contribution in [0.5, 0.6) is 0 Å². The maximum atomic E-state index is 13.0. The van der Waals surface area contributed by atoms with Crippen LogP contribution in [0.4, 0.5) is 5.69 Å². The van der Waals surface area contributed by atoms with Crippen molar-refractivity contribution in [3.05, 3.63) is 65.7 Å². The summed E-state index contributed by atoms with van der Waals surface area (Å²) in [5.41, 5.74) is 3.20. The van der Waals surface area contributed by atoms with Crippen molar-refractivity contribution < 1.29 is 9.59 Å². The van der Waals surface area contributed by atoms with E-state index in [2.05, 4.69) is 33.3 Å². The van der Waals surface area contributed by atoms with Crippen molar-refractivity contribution in [2.75, 3.05) is 51.1 Å². The van der Waals surface area contributed by atoms with Gasteiger partial charge in [-0.25, -0.2) is 0 Å². The summed E-state index contributed by atoms with van der Waals surface area (Å²) in [5.74, 6) is 0.197. The van der Waals surface area contributed by atoms with E-state index in [1.165, 1.54) is 5.56 Å². The van der Waals surface area contributed by atoms with Gasteiger partial charge in [0.05, 0.1) is 12.6 Å². The number of piperazine rings is 1. The van der Waals surface area contributed by atoms with Crippen LogP contribution in [-0.2, 0) is 16.0 Å². The van der Waals surface area contributed by atoms with Crippen LogP contribution in [0.15, 0.2) is 54.6 Å². The summed E-state index contributed by atoms with van der Waals surface area (Å²) in [6.45, 7) is 11.1. The lowest BCUT2D eigenvalue weighted by molar-refractivity contribution is -0.133. The number of rotatable bonds is 9. The maximum absolute atomic E-state index is 13.0. The van der Waals surface area contributed by atoms with E-state index in [9.17, 15) is 9.59 Å². The fraction of sp³-hybridized carbons (Fsp3) is 0.462. The smallest absolute Gasteiger partial charge is 0.241 e. The molecule has 2 aromatic carbocycles. The second-order valence-electron chi connectivity index (χ2n) is 8.36. The Morgan fingerprint density at radius 1 is 0.938 bits per heavy atom. The summed E-state index contributed by atoms with van der Waals surface area (Å²) >= 11 is 0. The molecule has 6 heteroatoms. The molecule has 1 unspecified atom stereocenters. The molecule has 2 amide bonds. The van der Waals surface area contributed by atoms with Gasteiger partial charge in [0.15, 0.2) is 0 Å². The highest BCUT2D eigenvalue weighted by Gasteiger charge is 2.27. The highest BCUT2D eigenvalue weighted by molar-refractivity contribution is 5.95. The third-order valence-electron chi connectivity index (χ3n) is 6.32. The molecular weight excluding hydrogens is 400 g/mol. The van der Waals surface area contributed by atoms with E-state index in [-0.39, 0.29) is 17.9 Å². The molecule has 1 atom stereocenters. The van der Waals surface area contributed by atoms with Crippen LogP contribution in [0.2, 0.25) is 0 Å². The van der Waals surface area contributed by atoms with E-state index in [1.807, 2.05) is 62.1 Å². The number of nitrogens with one attached hydrogen (secondary N) is 1. The van der Waals surface area contributed by atoms with Crippen molar-refractivity contribution in [3.63, 3.8) is 0 Å². The number of likely N-dealkylation sites (N-methyl/N-ethyl adjacent to an activating group) is 1. The standard InChI is InChI=1S/C26H36N4O2/c1-4-29(5-2)25(31)20-28-15-17-30(18-16-28)21(3)26(32)27-24-14-10-9-13-23(24)19-22-11-7-6-8-12-22/h6-14,21H,4-5,15-20H2,1-3H3,(H,27,32). The Hall–Kier alpha value is -2.70. The third-order valence-corrected chi connectivity index (χ3v) is 6.32. The van der Waals surface area contributed by atoms with E-state index in [0.717, 1.165) is 56.9 Å². The number of benzene rings is 2. The predicted octanol–water partition coefficient (Wildman–Crippen LogP) is 3.09. The molecule has 1 N–H and O–H groups in total. The summed E-state index contributed by atoms with van der Waals surface area (Å²) in [6, 6.07) is 18.1. The van der Waals surface area contributed by atoms with Gasteiger partial charge in [0.1, 0.15) is 0 Å². The van der Waals surface area contributed by atoms with E-state index >= 15 is 0 Å². The Morgan fingerprint density at radius 2 is 1.56 bits per heavy atom. The molecule has 3 rings (SSSR count). The van der Waals surface area contributed by atoms with Crippen molar-refractivity contribution in [3.8, 4) is 0 Å².